The van der Waals surface area contributed by atoms with Crippen molar-refractivity contribution in [1.29, 1.82) is 0 Å². The van der Waals surface area contributed by atoms with Gasteiger partial charge in [-0.05, 0) is 42.8 Å². The number of hydrogen-bond acceptors (Lipinski definition) is 3. The molecule has 26 heavy (non-hydrogen) atoms. The van der Waals surface area contributed by atoms with E-state index in [-0.39, 0.29) is 12.1 Å². The van der Waals surface area contributed by atoms with Crippen molar-refractivity contribution in [3.8, 4) is 5.69 Å². The Kier molecular flexibility index (Phi) is 5.14. The first-order valence-electron chi connectivity index (χ1n) is 7.82. The Hall–Kier alpha value is -2.99. The highest BCUT2D eigenvalue weighted by Crippen LogP contribution is 2.15. The third-order valence-electron chi connectivity index (χ3n) is 3.81. The predicted octanol–water partition coefficient (Wildman–Crippen LogP) is 3.47. The molecule has 3 rings (SSSR count). The lowest BCUT2D eigenvalue weighted by Gasteiger charge is -2.06. The number of halogens is 2. The van der Waals surface area contributed by atoms with Crippen LogP contribution in [0.15, 0.2) is 54.9 Å². The average molecular weight is 372 g/mol. The number of rotatable bonds is 5. The molecule has 0 unspecified atom stereocenters. The number of Topliss-reactive ketones (excluding diaryl/α,β-unsaturated/α-hetero) is 1. The van der Waals surface area contributed by atoms with Gasteiger partial charge >= 0.3 is 0 Å². The molecular weight excluding hydrogens is 357 g/mol. The van der Waals surface area contributed by atoms with Gasteiger partial charge in [0.1, 0.15) is 5.82 Å². The molecule has 7 heteroatoms. The summed E-state index contributed by atoms with van der Waals surface area (Å²) < 4.78 is 14.9. The van der Waals surface area contributed by atoms with E-state index in [2.05, 4.69) is 10.4 Å². The lowest BCUT2D eigenvalue weighted by molar-refractivity contribution is -0.117. The van der Waals surface area contributed by atoms with Crippen LogP contribution in [0.25, 0.3) is 5.69 Å². The summed E-state index contributed by atoms with van der Waals surface area (Å²) in [5.74, 6) is -2.13. The molecule has 0 aliphatic heterocycles. The summed E-state index contributed by atoms with van der Waals surface area (Å²) >= 11 is 5.96. The first-order chi connectivity index (χ1) is 12.4. The summed E-state index contributed by atoms with van der Waals surface area (Å²) in [6.45, 7) is 1.77. The average Bonchev–Trinajstić information content (AvgIpc) is 3.10. The third-order valence-corrected chi connectivity index (χ3v) is 4.05. The van der Waals surface area contributed by atoms with Crippen LogP contribution in [0.4, 0.5) is 4.39 Å². The molecule has 0 aliphatic rings. The molecule has 1 heterocycles. The van der Waals surface area contributed by atoms with E-state index in [0.29, 0.717) is 16.1 Å². The van der Waals surface area contributed by atoms with E-state index >= 15 is 0 Å². The van der Waals surface area contributed by atoms with Gasteiger partial charge in [0, 0.05) is 28.9 Å². The van der Waals surface area contributed by atoms with Crippen molar-refractivity contribution in [1.82, 2.24) is 15.1 Å². The fraction of sp³-hybridized carbons (Fsp3) is 0.105. The maximum atomic E-state index is 13.3. The number of carbonyl (C=O) groups excluding carboxylic acids is 2. The summed E-state index contributed by atoms with van der Waals surface area (Å²) in [5, 5.41) is 7.32. The van der Waals surface area contributed by atoms with Crippen molar-refractivity contribution in [2.45, 2.75) is 13.5 Å². The molecule has 0 saturated carbocycles. The van der Waals surface area contributed by atoms with E-state index in [9.17, 15) is 14.0 Å². The monoisotopic (exact) mass is 371 g/mol. The summed E-state index contributed by atoms with van der Waals surface area (Å²) in [6, 6.07) is 10.9. The number of nitrogens with one attached hydrogen (secondary N) is 1. The third kappa shape index (κ3) is 3.97. The number of aromatic nitrogens is 2. The number of hydrogen-bond donors (Lipinski definition) is 1. The fourth-order valence-electron chi connectivity index (χ4n) is 2.43. The highest BCUT2D eigenvalue weighted by atomic mass is 35.5. The van der Waals surface area contributed by atoms with Crippen LogP contribution in [0.1, 0.15) is 21.5 Å². The Balaban J connectivity index is 1.66. The largest absolute Gasteiger partial charge is 0.345 e. The Labute approximate surface area is 154 Å². The van der Waals surface area contributed by atoms with Crippen LogP contribution in [0.5, 0.6) is 0 Å². The van der Waals surface area contributed by atoms with Gasteiger partial charge in [-0.3, -0.25) is 9.59 Å². The zero-order valence-corrected chi connectivity index (χ0v) is 14.6. The van der Waals surface area contributed by atoms with E-state index in [1.165, 1.54) is 12.1 Å². The van der Waals surface area contributed by atoms with Crippen molar-refractivity contribution in [3.63, 3.8) is 0 Å². The van der Waals surface area contributed by atoms with Crippen LogP contribution in [0, 0.1) is 12.7 Å². The lowest BCUT2D eigenvalue weighted by atomic mass is 10.0. The Morgan fingerprint density at radius 1 is 1.23 bits per heavy atom. The van der Waals surface area contributed by atoms with E-state index < -0.39 is 17.5 Å². The molecule has 0 saturated heterocycles. The van der Waals surface area contributed by atoms with Gasteiger partial charge < -0.3 is 5.32 Å². The topological polar surface area (TPSA) is 64.0 Å². The SMILES string of the molecule is Cc1ccc(F)cc1C(=O)C(=O)NCc1cnn(-c2cccc(Cl)c2)c1. The number of aryl methyl sites for hydroxylation is 1. The van der Waals surface area contributed by atoms with Gasteiger partial charge in [-0.25, -0.2) is 9.07 Å². The smallest absolute Gasteiger partial charge is 0.292 e. The summed E-state index contributed by atoms with van der Waals surface area (Å²) in [6.07, 6.45) is 3.31. The molecule has 0 atom stereocenters. The van der Waals surface area contributed by atoms with Crippen LogP contribution < -0.4 is 5.32 Å². The van der Waals surface area contributed by atoms with Gasteiger partial charge in [-0.2, -0.15) is 5.10 Å². The molecule has 2 aromatic carbocycles. The maximum Gasteiger partial charge on any atom is 0.292 e. The molecule has 1 amide bonds. The first kappa shape index (κ1) is 17.8. The molecule has 3 aromatic rings. The fourth-order valence-corrected chi connectivity index (χ4v) is 2.62. The van der Waals surface area contributed by atoms with Crippen molar-refractivity contribution < 1.29 is 14.0 Å². The van der Waals surface area contributed by atoms with Gasteiger partial charge in [-0.1, -0.05) is 23.7 Å². The van der Waals surface area contributed by atoms with E-state index in [0.717, 1.165) is 11.8 Å². The quantitative estimate of drug-likeness (QED) is 0.551. The number of benzene rings is 2. The van der Waals surface area contributed by atoms with E-state index in [4.69, 9.17) is 11.6 Å². The summed E-state index contributed by atoms with van der Waals surface area (Å²) in [7, 11) is 0. The Morgan fingerprint density at radius 2 is 2.04 bits per heavy atom. The predicted molar refractivity (Wildman–Crippen MR) is 95.9 cm³/mol. The van der Waals surface area contributed by atoms with Gasteiger partial charge in [0.2, 0.25) is 0 Å². The van der Waals surface area contributed by atoms with Crippen LogP contribution in [-0.2, 0) is 11.3 Å². The van der Waals surface area contributed by atoms with Crippen molar-refractivity contribution in [3.05, 3.63) is 82.4 Å². The molecule has 0 fully saturated rings. The number of amides is 1. The maximum absolute atomic E-state index is 13.3. The molecule has 1 aromatic heterocycles. The molecule has 0 aliphatic carbocycles. The highest BCUT2D eigenvalue weighted by molar-refractivity contribution is 6.43. The zero-order chi connectivity index (χ0) is 18.7. The second kappa shape index (κ2) is 7.49. The second-order valence-electron chi connectivity index (χ2n) is 5.74. The van der Waals surface area contributed by atoms with Crippen LogP contribution in [0.3, 0.4) is 0 Å². The zero-order valence-electron chi connectivity index (χ0n) is 13.9. The molecular formula is C19H15ClFN3O2. The summed E-state index contributed by atoms with van der Waals surface area (Å²) in [5.41, 5.74) is 2.08. The standard InChI is InChI=1S/C19H15ClFN3O2/c1-12-5-6-15(21)8-17(12)18(25)19(26)22-9-13-10-23-24(11-13)16-4-2-3-14(20)7-16/h2-8,10-11H,9H2,1H3,(H,22,26). The van der Waals surface area contributed by atoms with Crippen molar-refractivity contribution >= 4 is 23.3 Å². The van der Waals surface area contributed by atoms with Crippen LogP contribution in [-0.4, -0.2) is 21.5 Å². The molecule has 0 bridgehead atoms. The van der Waals surface area contributed by atoms with Crippen LogP contribution in [0.2, 0.25) is 5.02 Å². The van der Waals surface area contributed by atoms with Gasteiger partial charge in [0.05, 0.1) is 11.9 Å². The second-order valence-corrected chi connectivity index (χ2v) is 6.18. The molecule has 1 N–H and O–H groups in total. The van der Waals surface area contributed by atoms with Gasteiger partial charge in [-0.15, -0.1) is 0 Å². The Morgan fingerprint density at radius 3 is 2.81 bits per heavy atom. The lowest BCUT2D eigenvalue weighted by Crippen LogP contribution is -2.31. The van der Waals surface area contributed by atoms with Gasteiger partial charge in [0.25, 0.3) is 11.7 Å². The normalized spacial score (nSPS) is 10.6. The van der Waals surface area contributed by atoms with Crippen LogP contribution >= 0.6 is 11.6 Å². The number of ketones is 1. The van der Waals surface area contributed by atoms with E-state index in [1.807, 2.05) is 6.07 Å². The molecule has 0 spiro atoms. The van der Waals surface area contributed by atoms with Crippen molar-refractivity contribution in [2.24, 2.45) is 0 Å². The summed E-state index contributed by atoms with van der Waals surface area (Å²) in [4.78, 5) is 24.3. The minimum absolute atomic E-state index is 0.0529. The van der Waals surface area contributed by atoms with Gasteiger partial charge in [0.15, 0.2) is 0 Å². The minimum Gasteiger partial charge on any atom is -0.345 e. The minimum atomic E-state index is -0.797. The van der Waals surface area contributed by atoms with E-state index in [1.54, 1.807) is 42.2 Å². The van der Waals surface area contributed by atoms with Crippen molar-refractivity contribution in [2.75, 3.05) is 0 Å². The number of carbonyl (C=O) groups is 2. The molecule has 0 radical (unpaired) electrons. The highest BCUT2D eigenvalue weighted by Gasteiger charge is 2.18. The Bertz CT molecular complexity index is 984. The molecule has 132 valence electrons. The molecule has 5 nitrogen and oxygen atoms in total. The first-order valence-corrected chi connectivity index (χ1v) is 8.20. The number of nitrogens with zero attached hydrogens (tertiary/aromatic N) is 2.